The minimum Gasteiger partial charge on any atom is -0.392 e. The highest BCUT2D eigenvalue weighted by Crippen LogP contribution is 2.47. The first-order chi connectivity index (χ1) is 9.32. The second kappa shape index (κ2) is 5.41. The third-order valence-electron chi connectivity index (χ3n) is 4.80. The zero-order chi connectivity index (χ0) is 15.0. The second-order valence-corrected chi connectivity index (χ2v) is 6.70. The Morgan fingerprint density at radius 2 is 2.00 bits per heavy atom. The molecule has 2 nitrogen and oxygen atoms in total. The van der Waals surface area contributed by atoms with Crippen molar-refractivity contribution in [3.05, 3.63) is 35.4 Å². The van der Waals surface area contributed by atoms with Crippen LogP contribution in [0.25, 0.3) is 0 Å². The van der Waals surface area contributed by atoms with Crippen LogP contribution < -0.4 is 5.73 Å². The predicted octanol–water partition coefficient (Wildman–Crippen LogP) is 3.02. The molecule has 0 radical (unpaired) electrons. The van der Waals surface area contributed by atoms with Gasteiger partial charge < -0.3 is 10.8 Å². The van der Waals surface area contributed by atoms with Crippen molar-refractivity contribution in [2.45, 2.75) is 45.6 Å². The van der Waals surface area contributed by atoms with E-state index in [1.54, 1.807) is 6.07 Å². The molecule has 1 fully saturated rings. The third kappa shape index (κ3) is 2.59. The van der Waals surface area contributed by atoms with Crippen LogP contribution in [0.5, 0.6) is 0 Å². The molecule has 4 heteroatoms. The van der Waals surface area contributed by atoms with E-state index < -0.39 is 23.2 Å². The summed E-state index contributed by atoms with van der Waals surface area (Å²) in [5.41, 5.74) is 5.39. The molecule has 0 aromatic heterocycles. The van der Waals surface area contributed by atoms with Crippen LogP contribution in [0.2, 0.25) is 0 Å². The van der Waals surface area contributed by atoms with Gasteiger partial charge in [0, 0.05) is 12.0 Å². The van der Waals surface area contributed by atoms with Gasteiger partial charge in [-0.05, 0) is 36.3 Å². The summed E-state index contributed by atoms with van der Waals surface area (Å²) in [6, 6.07) is 4.18. The molecule has 112 valence electrons. The Morgan fingerprint density at radius 1 is 1.30 bits per heavy atom. The molecule has 3 N–H and O–H groups in total. The topological polar surface area (TPSA) is 46.2 Å². The van der Waals surface area contributed by atoms with Crippen molar-refractivity contribution in [2.75, 3.05) is 6.54 Å². The monoisotopic (exact) mass is 283 g/mol. The Balaban J connectivity index is 2.34. The van der Waals surface area contributed by atoms with Crippen molar-refractivity contribution in [1.29, 1.82) is 0 Å². The van der Waals surface area contributed by atoms with Crippen LogP contribution in [0.15, 0.2) is 18.2 Å². The maximum absolute atomic E-state index is 13.9. The SMILES string of the molecule is CC1(C)CCCC(CN)(Cc2cccc(F)c2F)C1O. The molecule has 2 atom stereocenters. The summed E-state index contributed by atoms with van der Waals surface area (Å²) in [5, 5.41) is 10.7. The predicted molar refractivity (Wildman–Crippen MR) is 75.2 cm³/mol. The van der Waals surface area contributed by atoms with Gasteiger partial charge >= 0.3 is 0 Å². The molecule has 0 aliphatic heterocycles. The van der Waals surface area contributed by atoms with Gasteiger partial charge in [-0.15, -0.1) is 0 Å². The lowest BCUT2D eigenvalue weighted by molar-refractivity contribution is -0.0888. The normalized spacial score (nSPS) is 29.4. The van der Waals surface area contributed by atoms with E-state index in [1.165, 1.54) is 6.07 Å². The van der Waals surface area contributed by atoms with Crippen molar-refractivity contribution in [1.82, 2.24) is 0 Å². The Morgan fingerprint density at radius 3 is 2.65 bits per heavy atom. The van der Waals surface area contributed by atoms with E-state index in [9.17, 15) is 13.9 Å². The lowest BCUT2D eigenvalue weighted by Gasteiger charge is -2.49. The Labute approximate surface area is 119 Å². The molecule has 1 saturated carbocycles. The molecule has 1 aliphatic carbocycles. The van der Waals surface area contributed by atoms with Crippen LogP contribution in [-0.2, 0) is 6.42 Å². The number of aliphatic hydroxyl groups is 1. The van der Waals surface area contributed by atoms with Crippen molar-refractivity contribution < 1.29 is 13.9 Å². The molecule has 0 saturated heterocycles. The summed E-state index contributed by atoms with van der Waals surface area (Å²) in [4.78, 5) is 0. The second-order valence-electron chi connectivity index (χ2n) is 6.70. The van der Waals surface area contributed by atoms with Gasteiger partial charge in [-0.2, -0.15) is 0 Å². The van der Waals surface area contributed by atoms with Crippen LogP contribution >= 0.6 is 0 Å². The van der Waals surface area contributed by atoms with E-state index >= 15 is 0 Å². The Hall–Kier alpha value is -1.00. The summed E-state index contributed by atoms with van der Waals surface area (Å²) in [5.74, 6) is -1.67. The first-order valence-electron chi connectivity index (χ1n) is 7.13. The number of rotatable bonds is 3. The van der Waals surface area contributed by atoms with Crippen LogP contribution in [0.4, 0.5) is 8.78 Å². The molecule has 1 aliphatic rings. The summed E-state index contributed by atoms with van der Waals surface area (Å²) >= 11 is 0. The zero-order valence-corrected chi connectivity index (χ0v) is 12.1. The van der Waals surface area contributed by atoms with Gasteiger partial charge in [0.05, 0.1) is 6.10 Å². The number of aliphatic hydroxyl groups excluding tert-OH is 1. The first-order valence-corrected chi connectivity index (χ1v) is 7.13. The molecule has 20 heavy (non-hydrogen) atoms. The lowest BCUT2D eigenvalue weighted by Crippen LogP contribution is -2.53. The first kappa shape index (κ1) is 15.4. The average Bonchev–Trinajstić information content (AvgIpc) is 2.40. The smallest absolute Gasteiger partial charge is 0.162 e. The molecule has 1 aromatic carbocycles. The summed E-state index contributed by atoms with van der Waals surface area (Å²) < 4.78 is 27.2. The molecule has 0 amide bonds. The van der Waals surface area contributed by atoms with Crippen molar-refractivity contribution in [3.63, 3.8) is 0 Å². The molecule has 0 spiro atoms. The van der Waals surface area contributed by atoms with Gasteiger partial charge in [0.2, 0.25) is 0 Å². The molecule has 0 bridgehead atoms. The fourth-order valence-electron chi connectivity index (χ4n) is 3.53. The quantitative estimate of drug-likeness (QED) is 0.895. The van der Waals surface area contributed by atoms with E-state index in [4.69, 9.17) is 5.73 Å². The molecular formula is C16H23F2NO. The van der Waals surface area contributed by atoms with E-state index in [0.29, 0.717) is 5.56 Å². The van der Waals surface area contributed by atoms with Gasteiger partial charge in [-0.1, -0.05) is 32.4 Å². The highest BCUT2D eigenvalue weighted by Gasteiger charge is 2.48. The van der Waals surface area contributed by atoms with Crippen LogP contribution in [0.1, 0.15) is 38.7 Å². The molecule has 2 unspecified atom stereocenters. The van der Waals surface area contributed by atoms with E-state index in [1.807, 2.05) is 13.8 Å². The summed E-state index contributed by atoms with van der Waals surface area (Å²) in [6.07, 6.45) is 2.26. The van der Waals surface area contributed by atoms with Crippen LogP contribution in [-0.4, -0.2) is 17.8 Å². The lowest BCUT2D eigenvalue weighted by atomic mass is 9.59. The van der Waals surface area contributed by atoms with Crippen molar-refractivity contribution >= 4 is 0 Å². The van der Waals surface area contributed by atoms with Gasteiger partial charge in [-0.25, -0.2) is 8.78 Å². The molecule has 2 rings (SSSR count). The van der Waals surface area contributed by atoms with Gasteiger partial charge in [-0.3, -0.25) is 0 Å². The maximum atomic E-state index is 13.9. The highest BCUT2D eigenvalue weighted by atomic mass is 19.2. The van der Waals surface area contributed by atoms with Crippen molar-refractivity contribution in [2.24, 2.45) is 16.6 Å². The fourth-order valence-corrected chi connectivity index (χ4v) is 3.53. The highest BCUT2D eigenvalue weighted by molar-refractivity contribution is 5.22. The average molecular weight is 283 g/mol. The van der Waals surface area contributed by atoms with E-state index in [2.05, 4.69) is 0 Å². The minimum absolute atomic E-state index is 0.249. The molecule has 0 heterocycles. The van der Waals surface area contributed by atoms with E-state index in [-0.39, 0.29) is 18.4 Å². The number of benzene rings is 1. The third-order valence-corrected chi connectivity index (χ3v) is 4.80. The number of halogens is 2. The standard InChI is InChI=1S/C16H23F2NO/c1-15(2)7-4-8-16(10-19,14(15)20)9-11-5-3-6-12(17)13(11)18/h3,5-6,14,20H,4,7-10,19H2,1-2H3. The van der Waals surface area contributed by atoms with Gasteiger partial charge in [0.15, 0.2) is 11.6 Å². The number of hydrogen-bond donors (Lipinski definition) is 2. The van der Waals surface area contributed by atoms with Crippen LogP contribution in [0.3, 0.4) is 0 Å². The number of nitrogens with two attached hydrogens (primary N) is 1. The summed E-state index contributed by atoms with van der Waals surface area (Å²) in [7, 11) is 0. The van der Waals surface area contributed by atoms with Crippen molar-refractivity contribution in [3.8, 4) is 0 Å². The summed E-state index contributed by atoms with van der Waals surface area (Å²) in [6.45, 7) is 4.28. The Bertz CT molecular complexity index is 489. The van der Waals surface area contributed by atoms with Gasteiger partial charge in [0.1, 0.15) is 0 Å². The van der Waals surface area contributed by atoms with E-state index in [0.717, 1.165) is 25.3 Å². The number of hydrogen-bond acceptors (Lipinski definition) is 2. The molecular weight excluding hydrogens is 260 g/mol. The fraction of sp³-hybridized carbons (Fsp3) is 0.625. The van der Waals surface area contributed by atoms with Crippen LogP contribution in [0, 0.1) is 22.5 Å². The largest absolute Gasteiger partial charge is 0.392 e. The Kier molecular flexibility index (Phi) is 4.17. The van der Waals surface area contributed by atoms with Gasteiger partial charge in [0.25, 0.3) is 0 Å². The zero-order valence-electron chi connectivity index (χ0n) is 12.1. The maximum Gasteiger partial charge on any atom is 0.162 e. The minimum atomic E-state index is -0.848. The molecule has 1 aromatic rings.